The summed E-state index contributed by atoms with van der Waals surface area (Å²) in [4.78, 5) is 41.5. The van der Waals surface area contributed by atoms with E-state index in [-0.39, 0.29) is 23.8 Å². The lowest BCUT2D eigenvalue weighted by Gasteiger charge is -2.31. The van der Waals surface area contributed by atoms with Gasteiger partial charge in [0.15, 0.2) is 0 Å². The van der Waals surface area contributed by atoms with Crippen LogP contribution in [0.15, 0.2) is 24.3 Å². The molecule has 1 aliphatic heterocycles. The number of thiophene rings is 1. The number of benzene rings is 1. The van der Waals surface area contributed by atoms with E-state index in [0.29, 0.717) is 42.4 Å². The minimum absolute atomic E-state index is 0.00222. The van der Waals surface area contributed by atoms with Gasteiger partial charge in [0.05, 0.1) is 12.1 Å². The summed E-state index contributed by atoms with van der Waals surface area (Å²) in [5, 5.41) is 6.77. The van der Waals surface area contributed by atoms with Gasteiger partial charge in [-0.2, -0.15) is 0 Å². The lowest BCUT2D eigenvalue weighted by molar-refractivity contribution is -0.117. The summed E-state index contributed by atoms with van der Waals surface area (Å²) in [5.41, 5.74) is 2.78. The van der Waals surface area contributed by atoms with Gasteiger partial charge < -0.3 is 15.4 Å². The number of ether oxygens (including phenoxy) is 1. The van der Waals surface area contributed by atoms with Crippen molar-refractivity contribution in [1.82, 2.24) is 5.32 Å². The molecule has 1 aromatic carbocycles. The fraction of sp³-hybridized carbons (Fsp3) is 0.500. The Morgan fingerprint density at radius 2 is 1.94 bits per heavy atom. The van der Waals surface area contributed by atoms with Crippen molar-refractivity contribution in [2.24, 2.45) is 11.8 Å². The van der Waals surface area contributed by atoms with Crippen molar-refractivity contribution in [2.45, 2.75) is 57.5 Å². The monoisotopic (exact) mass is 479 g/mol. The van der Waals surface area contributed by atoms with Gasteiger partial charge in [0.1, 0.15) is 10.6 Å². The molecule has 0 radical (unpaired) electrons. The molecule has 2 N–H and O–H groups in total. The molecular weight excluding hydrogens is 450 g/mol. The van der Waals surface area contributed by atoms with Gasteiger partial charge >= 0.3 is 6.09 Å². The largest absolute Gasteiger partial charge is 0.440 e. The fourth-order valence-corrected chi connectivity index (χ4v) is 6.17. The maximum atomic E-state index is 13.3. The van der Waals surface area contributed by atoms with E-state index in [2.05, 4.69) is 10.6 Å². The van der Waals surface area contributed by atoms with Crippen LogP contribution in [0.3, 0.4) is 0 Å². The number of nitrogens with one attached hydrogen (secondary N) is 2. The average molecular weight is 480 g/mol. The van der Waals surface area contributed by atoms with Crippen LogP contribution in [0.4, 0.5) is 15.5 Å². The topological polar surface area (TPSA) is 87.7 Å². The molecule has 0 bridgehead atoms. The van der Waals surface area contributed by atoms with E-state index in [4.69, 9.17) is 4.74 Å². The van der Waals surface area contributed by atoms with Gasteiger partial charge in [0.25, 0.3) is 5.91 Å². The van der Waals surface area contributed by atoms with E-state index in [1.807, 2.05) is 31.2 Å². The second-order valence-electron chi connectivity index (χ2n) is 10.3. The summed E-state index contributed by atoms with van der Waals surface area (Å²) in [5.74, 6) is 0.495. The quantitative estimate of drug-likeness (QED) is 0.642. The van der Waals surface area contributed by atoms with Crippen molar-refractivity contribution in [1.29, 1.82) is 0 Å². The fourth-order valence-electron chi connectivity index (χ4n) is 4.96. The number of anilines is 2. The van der Waals surface area contributed by atoms with Gasteiger partial charge in [0, 0.05) is 29.4 Å². The summed E-state index contributed by atoms with van der Waals surface area (Å²) in [6.07, 6.45) is 5.69. The van der Waals surface area contributed by atoms with Crippen molar-refractivity contribution in [3.8, 4) is 0 Å². The molecular formula is C26H29N3O4S. The Balaban J connectivity index is 1.28. The van der Waals surface area contributed by atoms with Crippen LogP contribution in [0.1, 0.15) is 58.5 Å². The molecule has 2 saturated carbocycles. The molecule has 8 heteroatoms. The maximum absolute atomic E-state index is 13.3. The highest BCUT2D eigenvalue weighted by molar-refractivity contribution is 7.17. The third-order valence-corrected chi connectivity index (χ3v) is 8.58. The molecule has 1 unspecified atom stereocenters. The summed E-state index contributed by atoms with van der Waals surface area (Å²) < 4.78 is 6.00. The Bertz CT molecular complexity index is 1170. The molecule has 1 aromatic heterocycles. The number of hydrogen-bond donors (Lipinski definition) is 2. The number of rotatable bonds is 6. The van der Waals surface area contributed by atoms with Crippen LogP contribution in [0, 0.1) is 18.8 Å². The van der Waals surface area contributed by atoms with E-state index in [0.717, 1.165) is 53.8 Å². The van der Waals surface area contributed by atoms with E-state index < -0.39 is 5.60 Å². The number of carbonyl (C=O) groups excluding carboxylic acids is 3. The number of aryl methyl sites for hydroxylation is 2. The standard InChI is InChI=1S/C26H29N3O4S/c1-15-2-8-18(9-3-15)29-14-26(33-25(29)32)11-10-20-19(12-26)21(23(31)27-13-16-4-5-16)24(34-20)28-22(30)17-6-7-17/h2-3,8-9,16-17H,4-7,10-14H2,1H3,(H,27,31)(H,28,30). The first-order chi connectivity index (χ1) is 16.4. The zero-order valence-electron chi connectivity index (χ0n) is 19.3. The normalized spacial score (nSPS) is 23.6. The highest BCUT2D eigenvalue weighted by atomic mass is 32.1. The third kappa shape index (κ3) is 4.08. The first kappa shape index (κ1) is 21.6. The molecule has 6 rings (SSSR count). The molecule has 2 heterocycles. The zero-order valence-corrected chi connectivity index (χ0v) is 20.1. The minimum atomic E-state index is -0.667. The molecule has 1 saturated heterocycles. The summed E-state index contributed by atoms with van der Waals surface area (Å²) in [7, 11) is 0. The maximum Gasteiger partial charge on any atom is 0.415 e. The number of amides is 3. The van der Waals surface area contributed by atoms with Crippen LogP contribution in [0.5, 0.6) is 0 Å². The predicted octanol–water partition coefficient (Wildman–Crippen LogP) is 4.43. The van der Waals surface area contributed by atoms with Crippen LogP contribution in [0.2, 0.25) is 0 Å². The van der Waals surface area contributed by atoms with Gasteiger partial charge in [-0.3, -0.25) is 14.5 Å². The zero-order chi connectivity index (χ0) is 23.4. The highest BCUT2D eigenvalue weighted by Crippen LogP contribution is 2.45. The first-order valence-corrected chi connectivity index (χ1v) is 13.0. The number of fused-ring (bicyclic) bond motifs is 1. The van der Waals surface area contributed by atoms with Crippen LogP contribution >= 0.6 is 11.3 Å². The van der Waals surface area contributed by atoms with Crippen molar-refractivity contribution in [3.63, 3.8) is 0 Å². The van der Waals surface area contributed by atoms with Gasteiger partial charge in [0.2, 0.25) is 5.91 Å². The molecule has 1 atom stereocenters. The predicted molar refractivity (Wildman–Crippen MR) is 130 cm³/mol. The van der Waals surface area contributed by atoms with E-state index in [9.17, 15) is 14.4 Å². The Hall–Kier alpha value is -2.87. The first-order valence-electron chi connectivity index (χ1n) is 12.2. The van der Waals surface area contributed by atoms with Crippen LogP contribution in [-0.2, 0) is 22.4 Å². The molecule has 178 valence electrons. The summed E-state index contributed by atoms with van der Waals surface area (Å²) in [6, 6.07) is 7.86. The Morgan fingerprint density at radius 1 is 1.18 bits per heavy atom. The van der Waals surface area contributed by atoms with Crippen LogP contribution in [0.25, 0.3) is 0 Å². The lowest BCUT2D eigenvalue weighted by Crippen LogP contribution is -2.40. The highest BCUT2D eigenvalue weighted by Gasteiger charge is 2.49. The van der Waals surface area contributed by atoms with E-state index in [1.54, 1.807) is 4.90 Å². The molecule has 3 fully saturated rings. The van der Waals surface area contributed by atoms with E-state index in [1.165, 1.54) is 11.3 Å². The van der Waals surface area contributed by atoms with Crippen LogP contribution in [-0.4, -0.2) is 36.6 Å². The average Bonchev–Trinajstić information content (AvgIpc) is 3.74. The second kappa shape index (κ2) is 8.12. The van der Waals surface area contributed by atoms with Gasteiger partial charge in [-0.25, -0.2) is 4.79 Å². The molecule has 3 aliphatic carbocycles. The van der Waals surface area contributed by atoms with Crippen molar-refractivity contribution >= 4 is 39.9 Å². The molecule has 4 aliphatic rings. The lowest BCUT2D eigenvalue weighted by atomic mass is 9.82. The molecule has 34 heavy (non-hydrogen) atoms. The van der Waals surface area contributed by atoms with Crippen molar-refractivity contribution < 1.29 is 19.1 Å². The molecule has 1 spiro atoms. The SMILES string of the molecule is Cc1ccc(N2CC3(CCc4sc(NC(=O)C5CC5)c(C(=O)NCC5CC5)c4C3)OC2=O)cc1. The third-order valence-electron chi connectivity index (χ3n) is 7.37. The molecule has 7 nitrogen and oxygen atoms in total. The van der Waals surface area contributed by atoms with Gasteiger partial charge in [-0.1, -0.05) is 17.7 Å². The smallest absolute Gasteiger partial charge is 0.415 e. The van der Waals surface area contributed by atoms with Gasteiger partial charge in [-0.05, 0) is 69.1 Å². The minimum Gasteiger partial charge on any atom is -0.440 e. The van der Waals surface area contributed by atoms with Gasteiger partial charge in [-0.15, -0.1) is 11.3 Å². The Kier molecular flexibility index (Phi) is 5.17. The Labute approximate surface area is 202 Å². The van der Waals surface area contributed by atoms with E-state index >= 15 is 0 Å². The Morgan fingerprint density at radius 3 is 2.65 bits per heavy atom. The van der Waals surface area contributed by atoms with Crippen molar-refractivity contribution in [3.05, 3.63) is 45.8 Å². The summed E-state index contributed by atoms with van der Waals surface area (Å²) >= 11 is 1.51. The molecule has 3 amide bonds. The number of carbonyl (C=O) groups is 3. The van der Waals surface area contributed by atoms with Crippen LogP contribution < -0.4 is 15.5 Å². The number of hydrogen-bond acceptors (Lipinski definition) is 5. The second-order valence-corrected chi connectivity index (χ2v) is 11.4. The van der Waals surface area contributed by atoms with Crippen molar-refractivity contribution in [2.75, 3.05) is 23.3 Å². The molecule has 2 aromatic rings. The summed E-state index contributed by atoms with van der Waals surface area (Å²) in [6.45, 7) is 3.14. The number of nitrogens with zero attached hydrogens (tertiary/aromatic N) is 1.